The average molecular weight is 394 g/mol. The Bertz CT molecular complexity index is 944. The van der Waals surface area contributed by atoms with Gasteiger partial charge in [-0.2, -0.15) is 0 Å². The molecule has 1 aliphatic heterocycles. The fourth-order valence-electron chi connectivity index (χ4n) is 3.53. The number of aryl methyl sites for hydroxylation is 1. The number of hydrogen-bond donors (Lipinski definition) is 2. The number of likely N-dealkylation sites (tertiary alicyclic amines) is 1. The highest BCUT2D eigenvalue weighted by Gasteiger charge is 2.46. The summed E-state index contributed by atoms with van der Waals surface area (Å²) in [5.41, 5.74) is 2.99. The van der Waals surface area contributed by atoms with Crippen LogP contribution in [-0.2, 0) is 9.59 Å². The summed E-state index contributed by atoms with van der Waals surface area (Å²) in [6.07, 6.45) is 0.665. The standard InChI is InChI=1S/C23H26N2O4/c1-13(2)16-7-9-17(10-8-16)20-19(21(27)18-6-5-14(3)24-11-18)22(28)23(29)25(20)12-15(4)26/h5-11,13,15,20,26-27H,12H2,1-4H3/t15-,20+/m0/s1. The summed E-state index contributed by atoms with van der Waals surface area (Å²) in [6.45, 7) is 7.53. The number of benzene rings is 1. The molecule has 6 heteroatoms. The first kappa shape index (κ1) is 20.7. The fraction of sp³-hybridized carbons (Fsp3) is 0.348. The molecular weight excluding hydrogens is 368 g/mol. The minimum atomic E-state index is -0.813. The molecule has 2 N–H and O–H groups in total. The molecule has 1 fully saturated rings. The number of β-amino-alcohol motifs (C(OH)–C–C–N with tert-alkyl or cyclic N) is 1. The van der Waals surface area contributed by atoms with Crippen molar-refractivity contribution >= 4 is 17.4 Å². The zero-order chi connectivity index (χ0) is 21.3. The van der Waals surface area contributed by atoms with Gasteiger partial charge in [-0.05, 0) is 43.0 Å². The predicted octanol–water partition coefficient (Wildman–Crippen LogP) is 3.32. The van der Waals surface area contributed by atoms with E-state index in [-0.39, 0.29) is 17.9 Å². The second kappa shape index (κ2) is 8.17. The van der Waals surface area contributed by atoms with E-state index in [1.807, 2.05) is 31.2 Å². The number of carbonyl (C=O) groups excluding carboxylic acids is 2. The van der Waals surface area contributed by atoms with E-state index in [4.69, 9.17) is 0 Å². The van der Waals surface area contributed by atoms with E-state index in [2.05, 4.69) is 18.8 Å². The van der Waals surface area contributed by atoms with Crippen LogP contribution in [0.1, 0.15) is 55.1 Å². The first-order valence-electron chi connectivity index (χ1n) is 9.70. The summed E-state index contributed by atoms with van der Waals surface area (Å²) in [5.74, 6) is -1.42. The van der Waals surface area contributed by atoms with Gasteiger partial charge in [0.15, 0.2) is 0 Å². The molecule has 2 heterocycles. The van der Waals surface area contributed by atoms with Crippen molar-refractivity contribution in [2.75, 3.05) is 6.54 Å². The van der Waals surface area contributed by atoms with Crippen LogP contribution in [0.3, 0.4) is 0 Å². The number of hydrogen-bond acceptors (Lipinski definition) is 5. The molecule has 1 aromatic carbocycles. The highest BCUT2D eigenvalue weighted by atomic mass is 16.3. The maximum atomic E-state index is 12.8. The van der Waals surface area contributed by atoms with Gasteiger partial charge in [0.2, 0.25) is 0 Å². The van der Waals surface area contributed by atoms with Crippen LogP contribution < -0.4 is 0 Å². The SMILES string of the molecule is Cc1ccc(C(O)=C2C(=O)C(=O)N(C[C@H](C)O)[C@@H]2c2ccc(C(C)C)cc2)cn1. The zero-order valence-electron chi connectivity index (χ0n) is 17.1. The Morgan fingerprint density at radius 2 is 1.76 bits per heavy atom. The number of amides is 1. The van der Waals surface area contributed by atoms with Gasteiger partial charge in [-0.1, -0.05) is 38.1 Å². The number of ketones is 1. The minimum absolute atomic E-state index is 0.00982. The number of rotatable bonds is 5. The van der Waals surface area contributed by atoms with Crippen LogP contribution in [0.2, 0.25) is 0 Å². The van der Waals surface area contributed by atoms with Crippen LogP contribution in [0.25, 0.3) is 5.76 Å². The molecule has 1 aromatic heterocycles. The van der Waals surface area contributed by atoms with Gasteiger partial charge in [-0.25, -0.2) is 0 Å². The van der Waals surface area contributed by atoms with Crippen LogP contribution in [0.15, 0.2) is 48.2 Å². The van der Waals surface area contributed by atoms with E-state index in [9.17, 15) is 19.8 Å². The second-order valence-corrected chi connectivity index (χ2v) is 7.81. The Balaban J connectivity index is 2.15. The van der Waals surface area contributed by atoms with Crippen molar-refractivity contribution in [3.8, 4) is 0 Å². The van der Waals surface area contributed by atoms with Gasteiger partial charge in [0.05, 0.1) is 17.7 Å². The molecule has 0 saturated carbocycles. The molecule has 0 unspecified atom stereocenters. The number of nitrogens with zero attached hydrogens (tertiary/aromatic N) is 2. The van der Waals surface area contributed by atoms with Crippen LogP contribution in [-0.4, -0.2) is 44.4 Å². The number of aromatic nitrogens is 1. The zero-order valence-corrected chi connectivity index (χ0v) is 17.1. The Hall–Kier alpha value is -2.99. The Morgan fingerprint density at radius 1 is 1.10 bits per heavy atom. The van der Waals surface area contributed by atoms with Gasteiger partial charge in [-0.3, -0.25) is 14.6 Å². The largest absolute Gasteiger partial charge is 0.507 e. The van der Waals surface area contributed by atoms with Crippen molar-refractivity contribution in [2.24, 2.45) is 0 Å². The lowest BCUT2D eigenvalue weighted by Crippen LogP contribution is -2.35. The topological polar surface area (TPSA) is 90.7 Å². The number of aliphatic hydroxyl groups excluding tert-OH is 2. The normalized spacial score (nSPS) is 19.8. The maximum Gasteiger partial charge on any atom is 0.295 e. The third-order valence-electron chi connectivity index (χ3n) is 5.10. The molecule has 6 nitrogen and oxygen atoms in total. The van der Waals surface area contributed by atoms with Crippen molar-refractivity contribution in [2.45, 2.75) is 45.8 Å². The molecule has 2 atom stereocenters. The molecule has 0 radical (unpaired) electrons. The van der Waals surface area contributed by atoms with Crippen molar-refractivity contribution in [1.82, 2.24) is 9.88 Å². The van der Waals surface area contributed by atoms with Crippen LogP contribution >= 0.6 is 0 Å². The predicted molar refractivity (Wildman–Crippen MR) is 110 cm³/mol. The van der Waals surface area contributed by atoms with Crippen molar-refractivity contribution in [1.29, 1.82) is 0 Å². The lowest BCUT2D eigenvalue weighted by molar-refractivity contribution is -0.140. The third kappa shape index (κ3) is 4.07. The number of Topliss-reactive ketones (excluding diaryl/α,β-unsaturated/α-hetero) is 1. The molecule has 2 aromatic rings. The molecule has 3 rings (SSSR count). The number of pyridine rings is 1. The van der Waals surface area contributed by atoms with Crippen LogP contribution in [0.5, 0.6) is 0 Å². The Kier molecular flexibility index (Phi) is 5.84. The van der Waals surface area contributed by atoms with Gasteiger partial charge in [-0.15, -0.1) is 0 Å². The molecule has 1 saturated heterocycles. The monoisotopic (exact) mass is 394 g/mol. The van der Waals surface area contributed by atoms with Crippen molar-refractivity contribution < 1.29 is 19.8 Å². The van der Waals surface area contributed by atoms with E-state index in [1.165, 1.54) is 11.1 Å². The molecule has 1 amide bonds. The number of aliphatic hydroxyl groups is 2. The van der Waals surface area contributed by atoms with E-state index in [0.29, 0.717) is 17.0 Å². The van der Waals surface area contributed by atoms with E-state index in [0.717, 1.165) is 11.3 Å². The van der Waals surface area contributed by atoms with Crippen LogP contribution in [0.4, 0.5) is 0 Å². The fourth-order valence-corrected chi connectivity index (χ4v) is 3.53. The minimum Gasteiger partial charge on any atom is -0.507 e. The van der Waals surface area contributed by atoms with Gasteiger partial charge in [0, 0.05) is 24.0 Å². The first-order chi connectivity index (χ1) is 13.7. The van der Waals surface area contributed by atoms with E-state index >= 15 is 0 Å². The summed E-state index contributed by atoms with van der Waals surface area (Å²) >= 11 is 0. The molecule has 152 valence electrons. The Morgan fingerprint density at radius 3 is 2.28 bits per heavy atom. The molecule has 0 spiro atoms. The van der Waals surface area contributed by atoms with Crippen molar-refractivity contribution in [3.63, 3.8) is 0 Å². The molecule has 0 aliphatic carbocycles. The quantitative estimate of drug-likeness (QED) is 0.461. The lowest BCUT2D eigenvalue weighted by Gasteiger charge is -2.26. The first-order valence-corrected chi connectivity index (χ1v) is 9.70. The summed E-state index contributed by atoms with van der Waals surface area (Å²) in [4.78, 5) is 31.0. The molecule has 1 aliphatic rings. The van der Waals surface area contributed by atoms with Crippen LogP contribution in [0, 0.1) is 6.92 Å². The molecular formula is C23H26N2O4. The third-order valence-corrected chi connectivity index (χ3v) is 5.10. The lowest BCUT2D eigenvalue weighted by atomic mass is 9.93. The Labute approximate surface area is 170 Å². The molecule has 0 bridgehead atoms. The highest BCUT2D eigenvalue weighted by molar-refractivity contribution is 6.46. The summed E-state index contributed by atoms with van der Waals surface area (Å²) < 4.78 is 0. The highest BCUT2D eigenvalue weighted by Crippen LogP contribution is 2.39. The second-order valence-electron chi connectivity index (χ2n) is 7.81. The summed E-state index contributed by atoms with van der Waals surface area (Å²) in [6, 6.07) is 10.3. The van der Waals surface area contributed by atoms with Gasteiger partial charge >= 0.3 is 0 Å². The maximum absolute atomic E-state index is 12.8. The smallest absolute Gasteiger partial charge is 0.295 e. The summed E-state index contributed by atoms with van der Waals surface area (Å²) in [5, 5.41) is 20.8. The van der Waals surface area contributed by atoms with Gasteiger partial charge in [0.25, 0.3) is 11.7 Å². The van der Waals surface area contributed by atoms with Gasteiger partial charge < -0.3 is 15.1 Å². The van der Waals surface area contributed by atoms with E-state index < -0.39 is 23.8 Å². The summed E-state index contributed by atoms with van der Waals surface area (Å²) in [7, 11) is 0. The van der Waals surface area contributed by atoms with Crippen molar-refractivity contribution in [3.05, 3.63) is 70.6 Å². The van der Waals surface area contributed by atoms with E-state index in [1.54, 1.807) is 19.1 Å². The van der Waals surface area contributed by atoms with Gasteiger partial charge in [0.1, 0.15) is 5.76 Å². The number of carbonyl (C=O) groups is 2. The average Bonchev–Trinajstić information content (AvgIpc) is 2.92. The molecule has 29 heavy (non-hydrogen) atoms.